The van der Waals surface area contributed by atoms with E-state index in [9.17, 15) is 9.18 Å². The predicted molar refractivity (Wildman–Crippen MR) is 84.6 cm³/mol. The van der Waals surface area contributed by atoms with Gasteiger partial charge in [0.15, 0.2) is 0 Å². The summed E-state index contributed by atoms with van der Waals surface area (Å²) in [6, 6.07) is 6.65. The van der Waals surface area contributed by atoms with Gasteiger partial charge in [0.25, 0.3) is 0 Å². The van der Waals surface area contributed by atoms with Crippen LogP contribution in [0.3, 0.4) is 0 Å². The van der Waals surface area contributed by atoms with E-state index in [1.807, 2.05) is 0 Å². The molecule has 1 aromatic heterocycles. The van der Waals surface area contributed by atoms with Gasteiger partial charge in [-0.2, -0.15) is 0 Å². The highest BCUT2D eigenvalue weighted by molar-refractivity contribution is 5.73. The van der Waals surface area contributed by atoms with Gasteiger partial charge in [0, 0.05) is 25.8 Å². The van der Waals surface area contributed by atoms with Crippen LogP contribution in [0.15, 0.2) is 24.3 Å². The molecule has 0 unspecified atom stereocenters. The van der Waals surface area contributed by atoms with Crippen LogP contribution in [-0.2, 0) is 17.9 Å². The lowest BCUT2D eigenvalue weighted by atomic mass is 10.1. The zero-order valence-electron chi connectivity index (χ0n) is 13.7. The highest BCUT2D eigenvalue weighted by Crippen LogP contribution is 2.06. The highest BCUT2D eigenvalue weighted by Gasteiger charge is 2.24. The van der Waals surface area contributed by atoms with E-state index in [0.717, 1.165) is 43.9 Å². The first-order valence-corrected chi connectivity index (χ1v) is 8.20. The maximum absolute atomic E-state index is 13.0. The Hall–Kier alpha value is -2.35. The molecule has 1 aliphatic rings. The number of nitrogens with zero attached hydrogens (tertiary/aromatic N) is 4. The molecule has 2 heterocycles. The van der Waals surface area contributed by atoms with Gasteiger partial charge >= 0.3 is 0 Å². The summed E-state index contributed by atoms with van der Waals surface area (Å²) in [5, 5.41) is 14.9. The number of quaternary nitrogens is 1. The SMILES string of the molecule is CC(=O)NC1CC[NH+](Cc2nnnn2Cc2ccc(F)cc2)CC1. The molecule has 0 atom stereocenters. The Bertz CT molecular complexity index is 678. The number of carbonyl (C=O) groups is 1. The predicted octanol–water partition coefficient (Wildman–Crippen LogP) is -0.456. The van der Waals surface area contributed by atoms with Gasteiger partial charge in [-0.1, -0.05) is 12.1 Å². The van der Waals surface area contributed by atoms with E-state index in [-0.39, 0.29) is 17.8 Å². The summed E-state index contributed by atoms with van der Waals surface area (Å²) in [5.41, 5.74) is 0.962. The first-order chi connectivity index (χ1) is 11.6. The van der Waals surface area contributed by atoms with E-state index in [1.54, 1.807) is 23.7 Å². The molecule has 0 bridgehead atoms. The smallest absolute Gasteiger partial charge is 0.217 e. The van der Waals surface area contributed by atoms with Crippen molar-refractivity contribution < 1.29 is 14.1 Å². The van der Waals surface area contributed by atoms with Gasteiger partial charge in [0.05, 0.1) is 19.6 Å². The van der Waals surface area contributed by atoms with Crippen molar-refractivity contribution in [3.8, 4) is 0 Å². The number of amides is 1. The Morgan fingerprint density at radius 2 is 2.04 bits per heavy atom. The molecular weight excluding hydrogens is 311 g/mol. The molecule has 3 rings (SSSR count). The molecule has 1 fully saturated rings. The number of hydrogen-bond donors (Lipinski definition) is 2. The average Bonchev–Trinajstić information content (AvgIpc) is 2.98. The van der Waals surface area contributed by atoms with Gasteiger partial charge in [-0.05, 0) is 28.1 Å². The summed E-state index contributed by atoms with van der Waals surface area (Å²) in [6.07, 6.45) is 1.93. The van der Waals surface area contributed by atoms with Gasteiger partial charge in [0.1, 0.15) is 12.4 Å². The van der Waals surface area contributed by atoms with Crippen LogP contribution in [-0.4, -0.2) is 45.2 Å². The van der Waals surface area contributed by atoms with E-state index >= 15 is 0 Å². The fraction of sp³-hybridized carbons (Fsp3) is 0.500. The fourth-order valence-electron chi connectivity index (χ4n) is 3.09. The molecule has 128 valence electrons. The van der Waals surface area contributed by atoms with Crippen molar-refractivity contribution in [2.75, 3.05) is 13.1 Å². The maximum atomic E-state index is 13.0. The topological polar surface area (TPSA) is 77.1 Å². The van der Waals surface area contributed by atoms with Crippen molar-refractivity contribution in [3.63, 3.8) is 0 Å². The number of likely N-dealkylation sites (tertiary alicyclic amines) is 1. The summed E-state index contributed by atoms with van der Waals surface area (Å²) < 4.78 is 14.8. The van der Waals surface area contributed by atoms with Crippen molar-refractivity contribution in [1.82, 2.24) is 25.5 Å². The summed E-state index contributed by atoms with van der Waals surface area (Å²) in [6.45, 7) is 4.80. The second-order valence-corrected chi connectivity index (χ2v) is 6.28. The van der Waals surface area contributed by atoms with Crippen molar-refractivity contribution in [2.24, 2.45) is 0 Å². The molecule has 0 aliphatic carbocycles. The Labute approximate surface area is 139 Å². The second kappa shape index (κ2) is 7.48. The molecule has 2 aromatic rings. The minimum absolute atomic E-state index is 0.0340. The first kappa shape index (κ1) is 16.5. The third-order valence-electron chi connectivity index (χ3n) is 4.36. The van der Waals surface area contributed by atoms with Crippen LogP contribution in [0.4, 0.5) is 4.39 Å². The van der Waals surface area contributed by atoms with E-state index in [2.05, 4.69) is 20.8 Å². The molecule has 1 saturated heterocycles. The van der Waals surface area contributed by atoms with Gasteiger partial charge in [0.2, 0.25) is 11.7 Å². The number of piperidine rings is 1. The standard InChI is InChI=1S/C16H21FN6O/c1-12(24)18-15-6-8-22(9-7-15)11-16-19-20-21-23(16)10-13-2-4-14(17)5-3-13/h2-5,15H,6-11H2,1H3,(H,18,24)/p+1. The highest BCUT2D eigenvalue weighted by atomic mass is 19.1. The minimum Gasteiger partial charge on any atom is -0.353 e. The monoisotopic (exact) mass is 333 g/mol. The summed E-state index contributed by atoms with van der Waals surface area (Å²) in [4.78, 5) is 12.5. The largest absolute Gasteiger partial charge is 0.353 e. The first-order valence-electron chi connectivity index (χ1n) is 8.20. The number of hydrogen-bond acceptors (Lipinski definition) is 4. The zero-order chi connectivity index (χ0) is 16.9. The number of benzene rings is 1. The van der Waals surface area contributed by atoms with Gasteiger partial charge in [-0.3, -0.25) is 4.79 Å². The molecular formula is C16H22FN6O+. The normalized spacial score (nSPS) is 20.8. The lowest BCUT2D eigenvalue weighted by Gasteiger charge is -2.29. The van der Waals surface area contributed by atoms with Gasteiger partial charge in [-0.25, -0.2) is 9.07 Å². The van der Waals surface area contributed by atoms with Crippen molar-refractivity contribution in [1.29, 1.82) is 0 Å². The molecule has 0 saturated carbocycles. The van der Waals surface area contributed by atoms with E-state index in [4.69, 9.17) is 0 Å². The van der Waals surface area contributed by atoms with Crippen LogP contribution in [0.25, 0.3) is 0 Å². The molecule has 24 heavy (non-hydrogen) atoms. The van der Waals surface area contributed by atoms with E-state index in [0.29, 0.717) is 6.54 Å². The number of tetrazole rings is 1. The molecule has 1 amide bonds. The van der Waals surface area contributed by atoms with E-state index < -0.39 is 0 Å². The fourth-order valence-corrected chi connectivity index (χ4v) is 3.09. The summed E-state index contributed by atoms with van der Waals surface area (Å²) in [7, 11) is 0. The average molecular weight is 333 g/mol. The summed E-state index contributed by atoms with van der Waals surface area (Å²) in [5.74, 6) is 0.612. The Kier molecular flexibility index (Phi) is 5.14. The number of aromatic nitrogens is 4. The molecule has 1 aromatic carbocycles. The van der Waals surface area contributed by atoms with Crippen molar-refractivity contribution in [3.05, 3.63) is 41.5 Å². The second-order valence-electron chi connectivity index (χ2n) is 6.28. The molecule has 0 spiro atoms. The number of rotatable bonds is 5. The van der Waals surface area contributed by atoms with Crippen LogP contribution in [0.2, 0.25) is 0 Å². The third-order valence-corrected chi connectivity index (χ3v) is 4.36. The maximum Gasteiger partial charge on any atom is 0.217 e. The van der Waals surface area contributed by atoms with Crippen LogP contribution in [0, 0.1) is 5.82 Å². The van der Waals surface area contributed by atoms with Crippen LogP contribution in [0.1, 0.15) is 31.2 Å². The van der Waals surface area contributed by atoms with Crippen LogP contribution < -0.4 is 10.2 Å². The number of halogens is 1. The molecule has 2 N–H and O–H groups in total. The lowest BCUT2D eigenvalue weighted by molar-refractivity contribution is -0.919. The third kappa shape index (κ3) is 4.35. The molecule has 8 heteroatoms. The summed E-state index contributed by atoms with van der Waals surface area (Å²) >= 11 is 0. The van der Waals surface area contributed by atoms with Crippen molar-refractivity contribution >= 4 is 5.91 Å². The molecule has 0 radical (unpaired) electrons. The van der Waals surface area contributed by atoms with Crippen LogP contribution >= 0.6 is 0 Å². The van der Waals surface area contributed by atoms with Crippen LogP contribution in [0.5, 0.6) is 0 Å². The number of carbonyl (C=O) groups excluding carboxylic acids is 1. The quantitative estimate of drug-likeness (QED) is 0.777. The van der Waals surface area contributed by atoms with Crippen molar-refractivity contribution in [2.45, 2.75) is 38.9 Å². The Balaban J connectivity index is 1.56. The van der Waals surface area contributed by atoms with Gasteiger partial charge < -0.3 is 10.2 Å². The molecule has 1 aliphatic heterocycles. The molecule has 7 nitrogen and oxygen atoms in total. The Morgan fingerprint density at radius 1 is 1.33 bits per heavy atom. The number of nitrogens with one attached hydrogen (secondary N) is 2. The zero-order valence-corrected chi connectivity index (χ0v) is 13.7. The minimum atomic E-state index is -0.248. The van der Waals surface area contributed by atoms with E-state index in [1.165, 1.54) is 17.0 Å². The lowest BCUT2D eigenvalue weighted by Crippen LogP contribution is -3.12. The van der Waals surface area contributed by atoms with Gasteiger partial charge in [-0.15, -0.1) is 5.10 Å². The Morgan fingerprint density at radius 3 is 2.71 bits per heavy atom.